The van der Waals surface area contributed by atoms with Crippen molar-refractivity contribution < 1.29 is 13.2 Å². The van der Waals surface area contributed by atoms with Crippen LogP contribution in [-0.4, -0.2) is 68.9 Å². The molecule has 0 atom stereocenters. The summed E-state index contributed by atoms with van der Waals surface area (Å²) in [7, 11) is -2.90. The second kappa shape index (κ2) is 8.29. The fourth-order valence-corrected chi connectivity index (χ4v) is 4.07. The molecule has 5 nitrogen and oxygen atoms in total. The van der Waals surface area contributed by atoms with Gasteiger partial charge in [0.2, 0.25) is 5.91 Å². The normalized spacial score (nSPS) is 22.0. The van der Waals surface area contributed by atoms with Gasteiger partial charge < -0.3 is 4.90 Å². The molecule has 0 aromatic heterocycles. The first-order chi connectivity index (χ1) is 10.4. The van der Waals surface area contributed by atoms with Gasteiger partial charge in [0.1, 0.15) is 9.84 Å². The van der Waals surface area contributed by atoms with E-state index in [1.165, 1.54) is 38.4 Å². The molecule has 22 heavy (non-hydrogen) atoms. The van der Waals surface area contributed by atoms with Crippen molar-refractivity contribution in [2.45, 2.75) is 44.9 Å². The van der Waals surface area contributed by atoms with Gasteiger partial charge in [-0.05, 0) is 12.3 Å². The minimum Gasteiger partial charge on any atom is -0.340 e. The van der Waals surface area contributed by atoms with Crippen molar-refractivity contribution in [1.29, 1.82) is 0 Å². The highest BCUT2D eigenvalue weighted by molar-refractivity contribution is 7.90. The molecule has 1 heterocycles. The Morgan fingerprint density at radius 2 is 1.68 bits per heavy atom. The molecule has 1 amide bonds. The van der Waals surface area contributed by atoms with Crippen LogP contribution < -0.4 is 0 Å². The summed E-state index contributed by atoms with van der Waals surface area (Å²) in [6.07, 6.45) is 9.63. The standard InChI is InChI=1S/C16H30N2O3S/c1-22(20,21)14-13-17-9-11-18(12-10-17)16(19)8-7-15-5-3-2-4-6-15/h15H,2-14H2,1H3. The van der Waals surface area contributed by atoms with Gasteiger partial charge >= 0.3 is 0 Å². The topological polar surface area (TPSA) is 57.7 Å². The summed E-state index contributed by atoms with van der Waals surface area (Å²) >= 11 is 0. The maximum absolute atomic E-state index is 12.3. The molecule has 0 N–H and O–H groups in total. The van der Waals surface area contributed by atoms with Gasteiger partial charge in [0.05, 0.1) is 5.75 Å². The average molecular weight is 330 g/mol. The van der Waals surface area contributed by atoms with Crippen LogP contribution in [0.25, 0.3) is 0 Å². The Kier molecular flexibility index (Phi) is 6.68. The lowest BCUT2D eigenvalue weighted by Crippen LogP contribution is -2.49. The Bertz CT molecular complexity index is 450. The predicted molar refractivity (Wildman–Crippen MR) is 88.5 cm³/mol. The molecule has 0 aromatic carbocycles. The van der Waals surface area contributed by atoms with Crippen molar-refractivity contribution in [2.24, 2.45) is 5.92 Å². The Morgan fingerprint density at radius 1 is 1.05 bits per heavy atom. The Labute approximate surface area is 135 Å². The summed E-state index contributed by atoms with van der Waals surface area (Å²) in [5.41, 5.74) is 0. The molecule has 2 fully saturated rings. The van der Waals surface area contributed by atoms with Crippen LogP contribution in [0, 0.1) is 5.92 Å². The number of sulfone groups is 1. The zero-order chi connectivity index (χ0) is 16.0. The van der Waals surface area contributed by atoms with E-state index in [9.17, 15) is 13.2 Å². The summed E-state index contributed by atoms with van der Waals surface area (Å²) in [6.45, 7) is 3.67. The van der Waals surface area contributed by atoms with E-state index in [0.717, 1.165) is 38.5 Å². The molecular formula is C16H30N2O3S. The van der Waals surface area contributed by atoms with Crippen LogP contribution in [0.15, 0.2) is 0 Å². The highest BCUT2D eigenvalue weighted by Gasteiger charge is 2.22. The van der Waals surface area contributed by atoms with Gasteiger partial charge in [-0.3, -0.25) is 9.69 Å². The molecular weight excluding hydrogens is 300 g/mol. The second-order valence-electron chi connectivity index (χ2n) is 6.90. The summed E-state index contributed by atoms with van der Waals surface area (Å²) in [4.78, 5) is 16.4. The molecule has 2 rings (SSSR count). The molecule has 0 spiro atoms. The number of hydrogen-bond acceptors (Lipinski definition) is 4. The van der Waals surface area contributed by atoms with Crippen molar-refractivity contribution in [3.05, 3.63) is 0 Å². The van der Waals surface area contributed by atoms with E-state index < -0.39 is 9.84 Å². The quantitative estimate of drug-likeness (QED) is 0.741. The van der Waals surface area contributed by atoms with Crippen LogP contribution in [0.2, 0.25) is 0 Å². The van der Waals surface area contributed by atoms with E-state index in [1.54, 1.807) is 0 Å². The molecule has 1 saturated heterocycles. The van der Waals surface area contributed by atoms with E-state index >= 15 is 0 Å². The molecule has 128 valence electrons. The molecule has 1 aliphatic carbocycles. The smallest absolute Gasteiger partial charge is 0.222 e. The number of amides is 1. The van der Waals surface area contributed by atoms with Crippen LogP contribution in [-0.2, 0) is 14.6 Å². The third-order valence-corrected chi connectivity index (χ3v) is 5.92. The lowest BCUT2D eigenvalue weighted by Gasteiger charge is -2.35. The van der Waals surface area contributed by atoms with Crippen molar-refractivity contribution in [2.75, 3.05) is 44.7 Å². The molecule has 6 heteroatoms. The average Bonchev–Trinajstić information content (AvgIpc) is 2.51. The Morgan fingerprint density at radius 3 is 2.27 bits per heavy atom. The van der Waals surface area contributed by atoms with E-state index in [1.807, 2.05) is 4.90 Å². The van der Waals surface area contributed by atoms with Gasteiger partial charge in [0.15, 0.2) is 0 Å². The number of hydrogen-bond donors (Lipinski definition) is 0. The van der Waals surface area contributed by atoms with E-state index in [-0.39, 0.29) is 11.7 Å². The summed E-state index contributed by atoms with van der Waals surface area (Å²) in [5, 5.41) is 0. The van der Waals surface area contributed by atoms with E-state index in [2.05, 4.69) is 4.90 Å². The van der Waals surface area contributed by atoms with Gasteiger partial charge in [-0.25, -0.2) is 8.42 Å². The molecule has 0 bridgehead atoms. The monoisotopic (exact) mass is 330 g/mol. The molecule has 0 radical (unpaired) electrons. The molecule has 2 aliphatic rings. The van der Waals surface area contributed by atoms with Crippen LogP contribution >= 0.6 is 0 Å². The van der Waals surface area contributed by atoms with Gasteiger partial charge in [0, 0.05) is 45.4 Å². The van der Waals surface area contributed by atoms with Crippen molar-refractivity contribution in [3.63, 3.8) is 0 Å². The molecule has 0 unspecified atom stereocenters. The SMILES string of the molecule is CS(=O)(=O)CCN1CCN(C(=O)CCC2CCCCC2)CC1. The lowest BCUT2D eigenvalue weighted by atomic mass is 9.86. The minimum absolute atomic E-state index is 0.211. The fourth-order valence-electron chi connectivity index (χ4n) is 3.48. The van der Waals surface area contributed by atoms with Gasteiger partial charge in [-0.15, -0.1) is 0 Å². The number of nitrogens with zero attached hydrogens (tertiary/aromatic N) is 2. The fraction of sp³-hybridized carbons (Fsp3) is 0.938. The van der Waals surface area contributed by atoms with Gasteiger partial charge in [-0.1, -0.05) is 32.1 Å². The largest absolute Gasteiger partial charge is 0.340 e. The minimum atomic E-state index is -2.90. The molecule has 1 saturated carbocycles. The molecule has 0 aromatic rings. The van der Waals surface area contributed by atoms with Gasteiger partial charge in [-0.2, -0.15) is 0 Å². The summed E-state index contributed by atoms with van der Waals surface area (Å²) in [6, 6.07) is 0. The van der Waals surface area contributed by atoms with Crippen LogP contribution in [0.4, 0.5) is 0 Å². The third-order valence-electron chi connectivity index (χ3n) is 4.99. The Hall–Kier alpha value is -0.620. The van der Waals surface area contributed by atoms with Crippen molar-refractivity contribution >= 4 is 15.7 Å². The lowest BCUT2D eigenvalue weighted by molar-refractivity contribution is -0.133. The van der Waals surface area contributed by atoms with Gasteiger partial charge in [0.25, 0.3) is 0 Å². The predicted octanol–water partition coefficient (Wildman–Crippen LogP) is 1.54. The number of rotatable bonds is 6. The summed E-state index contributed by atoms with van der Waals surface area (Å²) in [5.74, 6) is 1.25. The number of piperazine rings is 1. The first-order valence-corrected chi connectivity index (χ1v) is 10.7. The third kappa shape index (κ3) is 6.24. The van der Waals surface area contributed by atoms with Crippen molar-refractivity contribution in [3.8, 4) is 0 Å². The first-order valence-electron chi connectivity index (χ1n) is 8.62. The first kappa shape index (κ1) is 17.7. The maximum Gasteiger partial charge on any atom is 0.222 e. The molecule has 1 aliphatic heterocycles. The van der Waals surface area contributed by atoms with E-state index in [0.29, 0.717) is 13.0 Å². The summed E-state index contributed by atoms with van der Waals surface area (Å²) < 4.78 is 22.4. The van der Waals surface area contributed by atoms with Crippen LogP contribution in [0.3, 0.4) is 0 Å². The van der Waals surface area contributed by atoms with Crippen molar-refractivity contribution in [1.82, 2.24) is 9.80 Å². The number of carbonyl (C=O) groups is 1. The van der Waals surface area contributed by atoms with Crippen LogP contribution in [0.1, 0.15) is 44.9 Å². The van der Waals surface area contributed by atoms with E-state index in [4.69, 9.17) is 0 Å². The second-order valence-corrected chi connectivity index (χ2v) is 9.15. The number of carbonyl (C=O) groups excluding carboxylic acids is 1. The maximum atomic E-state index is 12.3. The zero-order valence-electron chi connectivity index (χ0n) is 13.8. The Balaban J connectivity index is 1.64. The van der Waals surface area contributed by atoms with Crippen LogP contribution in [0.5, 0.6) is 0 Å². The highest BCUT2D eigenvalue weighted by Crippen LogP contribution is 2.27. The zero-order valence-corrected chi connectivity index (χ0v) is 14.6. The highest BCUT2D eigenvalue weighted by atomic mass is 32.2.